The summed E-state index contributed by atoms with van der Waals surface area (Å²) in [5.74, 6) is 0.886. The molecular formula is C15H13N5S2. The molecule has 0 bridgehead atoms. The number of anilines is 2. The number of fused-ring (bicyclic) bond motifs is 2. The van der Waals surface area contributed by atoms with Crippen LogP contribution in [0.2, 0.25) is 0 Å². The minimum absolute atomic E-state index is 0.776. The molecule has 0 aliphatic rings. The first kappa shape index (κ1) is 13.4. The molecule has 0 aliphatic heterocycles. The van der Waals surface area contributed by atoms with Gasteiger partial charge in [-0.05, 0) is 23.6 Å². The average Bonchev–Trinajstić information content (AvgIpc) is 3.17. The van der Waals surface area contributed by atoms with E-state index in [-0.39, 0.29) is 0 Å². The van der Waals surface area contributed by atoms with Gasteiger partial charge >= 0.3 is 0 Å². The molecule has 3 heterocycles. The van der Waals surface area contributed by atoms with Crippen LogP contribution in [0.4, 0.5) is 10.9 Å². The standard InChI is InChI=1S/C15H13N5S2/c1-2-4-12-11(3-1)20-15(22-12)17-7-6-16-13-10-5-8-21-14(10)19-9-18-13/h1-5,8-9H,6-7H2,(H,17,20)(H,16,18,19). The van der Waals surface area contributed by atoms with Crippen molar-refractivity contribution in [3.8, 4) is 0 Å². The number of hydrogen-bond acceptors (Lipinski definition) is 7. The van der Waals surface area contributed by atoms with E-state index in [0.717, 1.165) is 39.8 Å². The number of aromatic nitrogens is 3. The molecule has 0 fully saturated rings. The normalized spacial score (nSPS) is 11.1. The summed E-state index contributed by atoms with van der Waals surface area (Å²) in [5, 5.41) is 10.8. The fourth-order valence-electron chi connectivity index (χ4n) is 2.23. The lowest BCUT2D eigenvalue weighted by Gasteiger charge is -2.06. The molecular weight excluding hydrogens is 314 g/mol. The van der Waals surface area contributed by atoms with Gasteiger partial charge in [-0.2, -0.15) is 0 Å². The Morgan fingerprint density at radius 1 is 1.00 bits per heavy atom. The summed E-state index contributed by atoms with van der Waals surface area (Å²) in [6, 6.07) is 10.2. The maximum absolute atomic E-state index is 4.55. The largest absolute Gasteiger partial charge is 0.368 e. The summed E-state index contributed by atoms with van der Waals surface area (Å²) in [7, 11) is 0. The molecule has 0 saturated carbocycles. The Morgan fingerprint density at radius 2 is 1.91 bits per heavy atom. The van der Waals surface area contributed by atoms with Gasteiger partial charge in [0, 0.05) is 13.1 Å². The second-order valence-corrected chi connectivity index (χ2v) is 6.63. The predicted octanol–water partition coefficient (Wildman–Crippen LogP) is 3.83. The van der Waals surface area contributed by atoms with Crippen LogP contribution in [0.1, 0.15) is 0 Å². The highest BCUT2D eigenvalue weighted by Gasteiger charge is 2.04. The van der Waals surface area contributed by atoms with E-state index < -0.39 is 0 Å². The summed E-state index contributed by atoms with van der Waals surface area (Å²) in [4.78, 5) is 14.1. The van der Waals surface area contributed by atoms with Crippen molar-refractivity contribution >= 4 is 54.1 Å². The average molecular weight is 327 g/mol. The monoisotopic (exact) mass is 327 g/mol. The third-order valence-corrected chi connectivity index (χ3v) is 5.06. The van der Waals surface area contributed by atoms with Crippen molar-refractivity contribution in [2.45, 2.75) is 0 Å². The van der Waals surface area contributed by atoms with Crippen LogP contribution in [0.15, 0.2) is 42.0 Å². The summed E-state index contributed by atoms with van der Waals surface area (Å²) in [6.45, 7) is 1.56. The van der Waals surface area contributed by atoms with Crippen LogP contribution in [0.3, 0.4) is 0 Å². The molecule has 4 aromatic rings. The lowest BCUT2D eigenvalue weighted by atomic mass is 10.3. The van der Waals surface area contributed by atoms with E-state index in [1.165, 1.54) is 4.70 Å². The van der Waals surface area contributed by atoms with Crippen LogP contribution in [0.5, 0.6) is 0 Å². The molecule has 0 atom stereocenters. The number of rotatable bonds is 5. The van der Waals surface area contributed by atoms with Crippen molar-refractivity contribution in [2.75, 3.05) is 23.7 Å². The molecule has 0 spiro atoms. The Morgan fingerprint density at radius 3 is 2.86 bits per heavy atom. The van der Waals surface area contributed by atoms with Crippen LogP contribution in [0, 0.1) is 0 Å². The molecule has 0 saturated heterocycles. The zero-order valence-corrected chi connectivity index (χ0v) is 13.2. The predicted molar refractivity (Wildman–Crippen MR) is 94.0 cm³/mol. The van der Waals surface area contributed by atoms with Crippen molar-refractivity contribution in [3.05, 3.63) is 42.0 Å². The number of nitrogens with zero attached hydrogens (tertiary/aromatic N) is 3. The van der Waals surface area contributed by atoms with Gasteiger partial charge < -0.3 is 10.6 Å². The van der Waals surface area contributed by atoms with Crippen molar-refractivity contribution < 1.29 is 0 Å². The Bertz CT molecular complexity index is 881. The molecule has 0 unspecified atom stereocenters. The van der Waals surface area contributed by atoms with Gasteiger partial charge in [-0.25, -0.2) is 15.0 Å². The first-order valence-electron chi connectivity index (χ1n) is 6.92. The zero-order valence-electron chi connectivity index (χ0n) is 11.6. The number of para-hydroxylation sites is 1. The molecule has 0 amide bonds. The van der Waals surface area contributed by atoms with Gasteiger partial charge in [0.15, 0.2) is 5.13 Å². The third kappa shape index (κ3) is 2.60. The highest BCUT2D eigenvalue weighted by Crippen LogP contribution is 2.25. The van der Waals surface area contributed by atoms with E-state index >= 15 is 0 Å². The minimum atomic E-state index is 0.776. The first-order valence-corrected chi connectivity index (χ1v) is 8.61. The zero-order chi connectivity index (χ0) is 14.8. The van der Waals surface area contributed by atoms with Crippen LogP contribution >= 0.6 is 22.7 Å². The summed E-state index contributed by atoms with van der Waals surface area (Å²) < 4.78 is 1.20. The van der Waals surface area contributed by atoms with E-state index in [4.69, 9.17) is 0 Å². The van der Waals surface area contributed by atoms with E-state index in [1.54, 1.807) is 29.0 Å². The van der Waals surface area contributed by atoms with Crippen molar-refractivity contribution in [1.82, 2.24) is 15.0 Å². The van der Waals surface area contributed by atoms with Crippen LogP contribution in [0.25, 0.3) is 20.4 Å². The minimum Gasteiger partial charge on any atom is -0.368 e. The maximum atomic E-state index is 4.55. The summed E-state index contributed by atoms with van der Waals surface area (Å²) in [5.41, 5.74) is 1.04. The fourth-order valence-corrected chi connectivity index (χ4v) is 3.85. The molecule has 0 radical (unpaired) electrons. The summed E-state index contributed by atoms with van der Waals surface area (Å²) in [6.07, 6.45) is 1.60. The topological polar surface area (TPSA) is 62.7 Å². The quantitative estimate of drug-likeness (QED) is 0.546. The maximum Gasteiger partial charge on any atom is 0.183 e. The van der Waals surface area contributed by atoms with Gasteiger partial charge in [-0.15, -0.1) is 11.3 Å². The van der Waals surface area contributed by atoms with E-state index in [2.05, 4.69) is 31.7 Å². The molecule has 1 aromatic carbocycles. The number of thiophene rings is 1. The molecule has 5 nitrogen and oxygen atoms in total. The molecule has 22 heavy (non-hydrogen) atoms. The SMILES string of the molecule is c1ccc2sc(NCCNc3ncnc4sccc34)nc2c1. The Kier molecular flexibility index (Phi) is 3.57. The van der Waals surface area contributed by atoms with Crippen LogP contribution < -0.4 is 10.6 Å². The lowest BCUT2D eigenvalue weighted by Crippen LogP contribution is -2.14. The second kappa shape index (κ2) is 5.86. The number of nitrogens with one attached hydrogen (secondary N) is 2. The number of benzene rings is 1. The van der Waals surface area contributed by atoms with Crippen LogP contribution in [-0.4, -0.2) is 28.0 Å². The molecule has 4 rings (SSSR count). The highest BCUT2D eigenvalue weighted by atomic mass is 32.1. The Hall–Kier alpha value is -2.25. The van der Waals surface area contributed by atoms with E-state index in [0.29, 0.717) is 0 Å². The van der Waals surface area contributed by atoms with Gasteiger partial charge in [0.2, 0.25) is 0 Å². The van der Waals surface area contributed by atoms with Gasteiger partial charge in [-0.1, -0.05) is 23.5 Å². The Labute approximate surface area is 135 Å². The molecule has 2 N–H and O–H groups in total. The smallest absolute Gasteiger partial charge is 0.183 e. The second-order valence-electron chi connectivity index (χ2n) is 4.70. The molecule has 110 valence electrons. The van der Waals surface area contributed by atoms with Gasteiger partial charge in [0.25, 0.3) is 0 Å². The third-order valence-electron chi connectivity index (χ3n) is 3.25. The molecule has 7 heteroatoms. The van der Waals surface area contributed by atoms with Gasteiger partial charge in [0.05, 0.1) is 15.6 Å². The van der Waals surface area contributed by atoms with E-state index in [1.807, 2.05) is 29.6 Å². The highest BCUT2D eigenvalue weighted by molar-refractivity contribution is 7.22. The number of thiazole rings is 1. The van der Waals surface area contributed by atoms with Crippen molar-refractivity contribution in [2.24, 2.45) is 0 Å². The Balaban J connectivity index is 1.38. The fraction of sp³-hybridized carbons (Fsp3) is 0.133. The lowest BCUT2D eigenvalue weighted by molar-refractivity contribution is 1.06. The first-order chi connectivity index (χ1) is 10.9. The molecule has 3 aromatic heterocycles. The molecule has 0 aliphatic carbocycles. The summed E-state index contributed by atoms with van der Waals surface area (Å²) >= 11 is 3.30. The number of hydrogen-bond donors (Lipinski definition) is 2. The van der Waals surface area contributed by atoms with Crippen molar-refractivity contribution in [3.63, 3.8) is 0 Å². The van der Waals surface area contributed by atoms with E-state index in [9.17, 15) is 0 Å². The van der Waals surface area contributed by atoms with Crippen LogP contribution in [-0.2, 0) is 0 Å². The van der Waals surface area contributed by atoms with Gasteiger partial charge in [0.1, 0.15) is 17.0 Å². The van der Waals surface area contributed by atoms with Gasteiger partial charge in [-0.3, -0.25) is 0 Å². The van der Waals surface area contributed by atoms with Crippen molar-refractivity contribution in [1.29, 1.82) is 0 Å².